The first-order valence-corrected chi connectivity index (χ1v) is 7.95. The average Bonchev–Trinajstić information content (AvgIpc) is 3.07. The van der Waals surface area contributed by atoms with Crippen molar-refractivity contribution in [2.75, 3.05) is 17.2 Å². The lowest BCUT2D eigenvalue weighted by Gasteiger charge is -2.20. The van der Waals surface area contributed by atoms with Gasteiger partial charge in [-0.05, 0) is 66.5 Å². The van der Waals surface area contributed by atoms with Crippen LogP contribution in [0.4, 0.5) is 11.4 Å². The summed E-state index contributed by atoms with van der Waals surface area (Å²) in [6.07, 6.45) is 4.98. The molecule has 2 nitrogen and oxygen atoms in total. The van der Waals surface area contributed by atoms with Gasteiger partial charge in [-0.25, -0.2) is 0 Å². The predicted molar refractivity (Wildman–Crippen MR) is 88.8 cm³/mol. The first-order valence-electron chi connectivity index (χ1n) is 7.95. The molecule has 0 fully saturated rings. The fourth-order valence-electron chi connectivity index (χ4n) is 3.75. The van der Waals surface area contributed by atoms with E-state index in [-0.39, 0.29) is 0 Å². The normalized spacial score (nSPS) is 16.1. The van der Waals surface area contributed by atoms with Crippen LogP contribution < -0.4 is 10.6 Å². The number of anilines is 2. The van der Waals surface area contributed by atoms with Crippen molar-refractivity contribution < 1.29 is 0 Å². The molecule has 0 radical (unpaired) electrons. The van der Waals surface area contributed by atoms with Gasteiger partial charge in [0.15, 0.2) is 0 Å². The van der Waals surface area contributed by atoms with Crippen LogP contribution in [0.3, 0.4) is 0 Å². The minimum Gasteiger partial charge on any atom is -0.398 e. The first-order chi connectivity index (χ1) is 10.2. The number of benzene rings is 2. The van der Waals surface area contributed by atoms with Gasteiger partial charge in [0, 0.05) is 24.5 Å². The number of hydrogen-bond donors (Lipinski definition) is 1. The maximum absolute atomic E-state index is 6.10. The van der Waals surface area contributed by atoms with Gasteiger partial charge in [-0.1, -0.05) is 24.3 Å². The van der Waals surface area contributed by atoms with Gasteiger partial charge in [0.1, 0.15) is 0 Å². The Morgan fingerprint density at radius 2 is 1.86 bits per heavy atom. The summed E-state index contributed by atoms with van der Waals surface area (Å²) in [7, 11) is 0. The Balaban J connectivity index is 1.61. The third kappa shape index (κ3) is 2.19. The maximum atomic E-state index is 6.10. The zero-order chi connectivity index (χ0) is 14.4. The number of fused-ring (bicyclic) bond motifs is 2. The Morgan fingerprint density at radius 3 is 2.76 bits per heavy atom. The van der Waals surface area contributed by atoms with Crippen LogP contribution in [0.5, 0.6) is 0 Å². The molecule has 0 bridgehead atoms. The highest BCUT2D eigenvalue weighted by Crippen LogP contribution is 2.33. The van der Waals surface area contributed by atoms with E-state index in [0.717, 1.165) is 25.2 Å². The van der Waals surface area contributed by atoms with Crippen molar-refractivity contribution in [3.63, 3.8) is 0 Å². The zero-order valence-electron chi connectivity index (χ0n) is 12.7. The van der Waals surface area contributed by atoms with Crippen LogP contribution in [0, 0.1) is 6.92 Å². The number of nitrogen functional groups attached to an aromatic ring is 1. The summed E-state index contributed by atoms with van der Waals surface area (Å²) in [5, 5.41) is 0. The molecule has 0 unspecified atom stereocenters. The fraction of sp³-hybridized carbons (Fsp3) is 0.368. The topological polar surface area (TPSA) is 29.3 Å². The van der Waals surface area contributed by atoms with Crippen molar-refractivity contribution in [1.82, 2.24) is 0 Å². The highest BCUT2D eigenvalue weighted by molar-refractivity contribution is 5.67. The standard InChI is InChI=1S/C19H22N2/c1-13-9-17-7-8-21(19(17)11-18(13)20)12-14-5-6-15-3-2-4-16(15)10-14/h5-6,9-11H,2-4,7-8,12,20H2,1H3. The van der Waals surface area contributed by atoms with E-state index in [0.29, 0.717) is 0 Å². The van der Waals surface area contributed by atoms with E-state index in [9.17, 15) is 0 Å². The molecule has 0 spiro atoms. The van der Waals surface area contributed by atoms with Crippen molar-refractivity contribution in [2.24, 2.45) is 0 Å². The first kappa shape index (κ1) is 12.8. The van der Waals surface area contributed by atoms with E-state index in [1.807, 2.05) is 0 Å². The molecular formula is C19H22N2. The molecule has 2 aromatic carbocycles. The molecule has 108 valence electrons. The Kier molecular flexibility index (Phi) is 2.91. The van der Waals surface area contributed by atoms with Crippen molar-refractivity contribution in [3.8, 4) is 0 Å². The number of nitrogens with two attached hydrogens (primary N) is 1. The molecule has 1 heterocycles. The highest BCUT2D eigenvalue weighted by atomic mass is 15.1. The summed E-state index contributed by atoms with van der Waals surface area (Å²) >= 11 is 0. The summed E-state index contributed by atoms with van der Waals surface area (Å²) in [6, 6.07) is 11.5. The lowest BCUT2D eigenvalue weighted by Crippen LogP contribution is -2.19. The second-order valence-electron chi connectivity index (χ2n) is 6.47. The fourth-order valence-corrected chi connectivity index (χ4v) is 3.75. The summed E-state index contributed by atoms with van der Waals surface area (Å²) in [5.74, 6) is 0. The molecule has 2 aliphatic rings. The van der Waals surface area contributed by atoms with Gasteiger partial charge in [0.25, 0.3) is 0 Å². The lowest BCUT2D eigenvalue weighted by molar-refractivity contribution is 0.834. The second kappa shape index (κ2) is 4.80. The Morgan fingerprint density at radius 1 is 1.00 bits per heavy atom. The van der Waals surface area contributed by atoms with Gasteiger partial charge in [-0.2, -0.15) is 0 Å². The molecule has 0 saturated heterocycles. The molecule has 0 atom stereocenters. The van der Waals surface area contributed by atoms with E-state index >= 15 is 0 Å². The van der Waals surface area contributed by atoms with Crippen LogP contribution >= 0.6 is 0 Å². The average molecular weight is 278 g/mol. The molecule has 4 rings (SSSR count). The summed E-state index contributed by atoms with van der Waals surface area (Å²) in [4.78, 5) is 2.47. The van der Waals surface area contributed by atoms with Gasteiger partial charge in [0.05, 0.1) is 0 Å². The third-order valence-corrected chi connectivity index (χ3v) is 5.00. The Hall–Kier alpha value is -1.96. The number of nitrogens with zero attached hydrogens (tertiary/aromatic N) is 1. The molecule has 0 saturated carbocycles. The minimum atomic E-state index is 0.912. The smallest absolute Gasteiger partial charge is 0.0429 e. The van der Waals surface area contributed by atoms with Gasteiger partial charge in [-0.3, -0.25) is 0 Å². The minimum absolute atomic E-state index is 0.912. The maximum Gasteiger partial charge on any atom is 0.0429 e. The lowest BCUT2D eigenvalue weighted by atomic mass is 10.1. The van der Waals surface area contributed by atoms with E-state index < -0.39 is 0 Å². The van der Waals surface area contributed by atoms with Crippen LogP contribution in [-0.2, 0) is 25.8 Å². The largest absolute Gasteiger partial charge is 0.398 e. The number of rotatable bonds is 2. The van der Waals surface area contributed by atoms with Crippen LogP contribution in [0.1, 0.15) is 34.2 Å². The number of hydrogen-bond acceptors (Lipinski definition) is 2. The number of aryl methyl sites for hydroxylation is 3. The van der Waals surface area contributed by atoms with Crippen LogP contribution in [-0.4, -0.2) is 6.54 Å². The third-order valence-electron chi connectivity index (χ3n) is 5.00. The monoisotopic (exact) mass is 278 g/mol. The quantitative estimate of drug-likeness (QED) is 0.850. The van der Waals surface area contributed by atoms with Crippen LogP contribution in [0.25, 0.3) is 0 Å². The van der Waals surface area contributed by atoms with Crippen molar-refractivity contribution >= 4 is 11.4 Å². The molecule has 2 heteroatoms. The van der Waals surface area contributed by atoms with Crippen molar-refractivity contribution in [3.05, 3.63) is 58.1 Å². The van der Waals surface area contributed by atoms with Crippen LogP contribution in [0.15, 0.2) is 30.3 Å². The van der Waals surface area contributed by atoms with Gasteiger partial charge in [-0.15, -0.1) is 0 Å². The van der Waals surface area contributed by atoms with Gasteiger partial charge < -0.3 is 10.6 Å². The van der Waals surface area contributed by atoms with E-state index in [4.69, 9.17) is 5.73 Å². The molecule has 1 aliphatic heterocycles. The van der Waals surface area contributed by atoms with Crippen molar-refractivity contribution in [1.29, 1.82) is 0 Å². The Bertz CT molecular complexity index is 703. The second-order valence-corrected chi connectivity index (χ2v) is 6.47. The molecular weight excluding hydrogens is 256 g/mol. The molecule has 0 amide bonds. The molecule has 2 aromatic rings. The van der Waals surface area contributed by atoms with E-state index in [1.54, 1.807) is 11.1 Å². The molecule has 2 N–H and O–H groups in total. The van der Waals surface area contributed by atoms with Crippen LogP contribution in [0.2, 0.25) is 0 Å². The molecule has 1 aliphatic carbocycles. The van der Waals surface area contributed by atoms with Crippen molar-refractivity contribution in [2.45, 2.75) is 39.2 Å². The Labute approximate surface area is 126 Å². The molecule has 21 heavy (non-hydrogen) atoms. The zero-order valence-corrected chi connectivity index (χ0v) is 12.7. The summed E-state index contributed by atoms with van der Waals surface area (Å²) in [5.41, 5.74) is 15.5. The predicted octanol–water partition coefficient (Wildman–Crippen LogP) is 3.63. The SMILES string of the molecule is Cc1cc2c(cc1N)N(Cc1ccc3c(c1)CCC3)CC2. The highest BCUT2D eigenvalue weighted by Gasteiger charge is 2.21. The van der Waals surface area contributed by atoms with E-state index in [1.165, 1.54) is 41.6 Å². The van der Waals surface area contributed by atoms with Gasteiger partial charge in [0.2, 0.25) is 0 Å². The molecule has 0 aromatic heterocycles. The van der Waals surface area contributed by atoms with E-state index in [2.05, 4.69) is 42.2 Å². The summed E-state index contributed by atoms with van der Waals surface area (Å²) in [6.45, 7) is 4.21. The summed E-state index contributed by atoms with van der Waals surface area (Å²) < 4.78 is 0. The van der Waals surface area contributed by atoms with Gasteiger partial charge >= 0.3 is 0 Å².